The molecule has 10 heavy (non-hydrogen) atoms. The summed E-state index contributed by atoms with van der Waals surface area (Å²) in [6.07, 6.45) is 0. The predicted molar refractivity (Wildman–Crippen MR) is 34.0 cm³/mol. The summed E-state index contributed by atoms with van der Waals surface area (Å²) >= 11 is -4.67. The zero-order chi connectivity index (χ0) is 8.28. The normalized spacial score (nSPS) is 13.6. The Morgan fingerprint density at radius 3 is 1.60 bits per heavy atom. The first-order chi connectivity index (χ1) is 4.46. The third kappa shape index (κ3) is 2.41. The molecule has 0 bridgehead atoms. The van der Waals surface area contributed by atoms with Gasteiger partial charge < -0.3 is 0 Å². The summed E-state index contributed by atoms with van der Waals surface area (Å²) in [6, 6.07) is 0. The summed E-state index contributed by atoms with van der Waals surface area (Å²) in [6.45, 7) is 5.22. The zero-order valence-corrected chi connectivity index (χ0v) is 8.19. The van der Waals surface area contributed by atoms with E-state index in [-0.39, 0.29) is 16.9 Å². The summed E-state index contributed by atoms with van der Waals surface area (Å²) in [7, 11) is 0. The van der Waals surface area contributed by atoms with E-state index in [2.05, 4.69) is 0 Å². The average Bonchev–Trinajstić information content (AvgIpc) is 1.90. The van der Waals surface area contributed by atoms with E-state index in [4.69, 9.17) is 3.66 Å². The molecule has 0 aliphatic rings. The summed E-state index contributed by atoms with van der Waals surface area (Å²) in [5.41, 5.74) is 0. The Kier molecular flexibility index (Phi) is 3.08. The predicted octanol–water partition coefficient (Wildman–Crippen LogP) is 2.19. The van der Waals surface area contributed by atoms with Crippen molar-refractivity contribution >= 4 is 0 Å². The Hall–Kier alpha value is 0.144. The van der Waals surface area contributed by atoms with Crippen molar-refractivity contribution < 1.29 is 24.1 Å². The van der Waals surface area contributed by atoms with Gasteiger partial charge in [0.05, 0.1) is 0 Å². The second-order valence-electron chi connectivity index (χ2n) is 2.27. The maximum absolute atomic E-state index is 11.4. The van der Waals surface area contributed by atoms with Gasteiger partial charge >= 0.3 is 61.8 Å². The van der Waals surface area contributed by atoms with Crippen LogP contribution >= 0.6 is 0 Å². The van der Waals surface area contributed by atoms with Gasteiger partial charge in [0, 0.05) is 0 Å². The molecule has 0 radical (unpaired) electrons. The van der Waals surface area contributed by atoms with Gasteiger partial charge in [0.2, 0.25) is 0 Å². The molecular formula is C6H15O3V. The molecule has 0 N–H and O–H groups in total. The molecule has 0 aromatic carbocycles. The van der Waals surface area contributed by atoms with Gasteiger partial charge in [-0.2, -0.15) is 0 Å². The minimum atomic E-state index is -4.67. The Balaban J connectivity index is 4.55. The third-order valence-corrected chi connectivity index (χ3v) is 6.76. The molecule has 0 aliphatic heterocycles. The van der Waals surface area contributed by atoms with Crippen molar-refractivity contribution in [1.82, 2.24) is 0 Å². The Labute approximate surface area is 62.3 Å². The number of hydrogen-bond donors (Lipinski definition) is 0. The van der Waals surface area contributed by atoms with E-state index in [1.807, 2.05) is 0 Å². The van der Waals surface area contributed by atoms with E-state index < -0.39 is 13.1 Å². The standard InChI is InChI=1S/C2H5O.2C2H5.2O.V/c1-2-3;2*1-2;;;/h2H2,1H3;2*1H2,2H3;;;/q-1;;;;;+1. The van der Waals surface area contributed by atoms with E-state index in [0.29, 0.717) is 0 Å². The monoisotopic (exact) mass is 186 g/mol. The van der Waals surface area contributed by atoms with E-state index in [0.717, 1.165) is 0 Å². The number of rotatable bonds is 4. The van der Waals surface area contributed by atoms with Crippen molar-refractivity contribution in [2.75, 3.05) is 6.61 Å². The van der Waals surface area contributed by atoms with E-state index in [9.17, 15) is 7.35 Å². The first kappa shape index (κ1) is 10.1. The van der Waals surface area contributed by atoms with Gasteiger partial charge in [0.15, 0.2) is 0 Å². The van der Waals surface area contributed by atoms with Crippen molar-refractivity contribution in [3.8, 4) is 0 Å². The van der Waals surface area contributed by atoms with Crippen LogP contribution in [-0.2, 0) is 24.1 Å². The van der Waals surface area contributed by atoms with Gasteiger partial charge in [-0.05, 0) is 0 Å². The molecule has 0 atom stereocenters. The third-order valence-electron chi connectivity index (χ3n) is 1.64. The molecule has 62 valence electrons. The average molecular weight is 186 g/mol. The Morgan fingerprint density at radius 1 is 1.10 bits per heavy atom. The minimum absolute atomic E-state index is 0.142. The second-order valence-corrected chi connectivity index (χ2v) is 8.47. The van der Waals surface area contributed by atoms with E-state index >= 15 is 0 Å². The first-order valence-corrected chi connectivity index (χ1v) is 7.28. The summed E-state index contributed by atoms with van der Waals surface area (Å²) in [5, 5.41) is 0.284. The quantitative estimate of drug-likeness (QED) is 0.675. The van der Waals surface area contributed by atoms with E-state index in [1.165, 1.54) is 0 Å². The van der Waals surface area contributed by atoms with Crippen LogP contribution < -0.4 is 0 Å². The van der Waals surface area contributed by atoms with Crippen LogP contribution in [0.3, 0.4) is 0 Å². The van der Waals surface area contributed by atoms with Gasteiger partial charge in [-0.15, -0.1) is 0 Å². The molecule has 0 aliphatic carbocycles. The molecule has 0 heterocycles. The van der Waals surface area contributed by atoms with Gasteiger partial charge in [-0.25, -0.2) is 0 Å². The molecule has 0 amide bonds. The molecule has 0 aromatic heterocycles. The van der Waals surface area contributed by atoms with Gasteiger partial charge in [0.25, 0.3) is 0 Å². The van der Waals surface area contributed by atoms with Crippen molar-refractivity contribution in [2.24, 2.45) is 0 Å². The molecule has 0 unspecified atom stereocenters. The summed E-state index contributed by atoms with van der Waals surface area (Å²) < 4.78 is 27.6. The van der Waals surface area contributed by atoms with Crippen LogP contribution in [0.4, 0.5) is 0 Å². The van der Waals surface area contributed by atoms with Crippen molar-refractivity contribution in [1.29, 1.82) is 0 Å². The SMILES string of the molecule is CC[O][V](=[O])(=[O])([CH2]C)[CH2]C. The fraction of sp³-hybridized carbons (Fsp3) is 1.00. The van der Waals surface area contributed by atoms with Crippen LogP contribution in [-0.4, -0.2) is 6.61 Å². The fourth-order valence-electron chi connectivity index (χ4n) is 0.694. The number of hydrogen-bond acceptors (Lipinski definition) is 3. The molecular weight excluding hydrogens is 171 g/mol. The molecule has 0 fully saturated rings. The maximum atomic E-state index is 11.4. The zero-order valence-electron chi connectivity index (χ0n) is 6.79. The van der Waals surface area contributed by atoms with Crippen LogP contribution in [0.2, 0.25) is 10.3 Å². The topological polar surface area (TPSA) is 43.4 Å². The van der Waals surface area contributed by atoms with Gasteiger partial charge in [-0.3, -0.25) is 0 Å². The first-order valence-electron chi connectivity index (χ1n) is 3.59. The Bertz CT molecular complexity index is 199. The van der Waals surface area contributed by atoms with Crippen molar-refractivity contribution in [3.63, 3.8) is 0 Å². The molecule has 0 spiro atoms. The second kappa shape index (κ2) is 3.03. The van der Waals surface area contributed by atoms with Crippen LogP contribution in [0.15, 0.2) is 0 Å². The van der Waals surface area contributed by atoms with Crippen LogP contribution in [0, 0.1) is 0 Å². The summed E-state index contributed by atoms with van der Waals surface area (Å²) in [5.74, 6) is 0. The van der Waals surface area contributed by atoms with Crippen LogP contribution in [0.25, 0.3) is 0 Å². The van der Waals surface area contributed by atoms with Gasteiger partial charge in [0.1, 0.15) is 0 Å². The van der Waals surface area contributed by atoms with Crippen molar-refractivity contribution in [3.05, 3.63) is 0 Å². The summed E-state index contributed by atoms with van der Waals surface area (Å²) in [4.78, 5) is 0. The molecule has 0 saturated carbocycles. The Morgan fingerprint density at radius 2 is 1.50 bits per heavy atom. The van der Waals surface area contributed by atoms with Crippen molar-refractivity contribution in [2.45, 2.75) is 31.0 Å². The fourth-order valence-corrected chi connectivity index (χ4v) is 2.86. The van der Waals surface area contributed by atoms with Crippen LogP contribution in [0.5, 0.6) is 0 Å². The van der Waals surface area contributed by atoms with E-state index in [1.54, 1.807) is 20.8 Å². The van der Waals surface area contributed by atoms with Crippen LogP contribution in [0.1, 0.15) is 20.8 Å². The molecule has 0 saturated heterocycles. The molecule has 0 aromatic rings. The molecule has 4 heteroatoms. The molecule has 0 rings (SSSR count). The molecule has 3 nitrogen and oxygen atoms in total. The van der Waals surface area contributed by atoms with Gasteiger partial charge in [-0.1, -0.05) is 0 Å².